The third-order valence-corrected chi connectivity index (χ3v) is 4.55. The van der Waals surface area contributed by atoms with Crippen LogP contribution >= 0.6 is 24.0 Å². The largest absolute Gasteiger partial charge is 0.379 e. The monoisotopic (exact) mass is 501 g/mol. The molecule has 156 valence electrons. The molecule has 0 spiro atoms. The number of guanidine groups is 1. The van der Waals surface area contributed by atoms with Gasteiger partial charge in [-0.25, -0.2) is 4.98 Å². The molecule has 1 fully saturated rings. The lowest BCUT2D eigenvalue weighted by Crippen LogP contribution is -2.38. The first-order valence-corrected chi connectivity index (χ1v) is 9.98. The van der Waals surface area contributed by atoms with E-state index in [1.54, 1.807) is 0 Å². The Morgan fingerprint density at radius 2 is 2.21 bits per heavy atom. The maximum atomic E-state index is 5.79. The van der Waals surface area contributed by atoms with Crippen molar-refractivity contribution in [3.8, 4) is 0 Å². The van der Waals surface area contributed by atoms with Gasteiger partial charge in [-0.05, 0) is 38.3 Å². The molecule has 2 N–H and O–H groups in total. The van der Waals surface area contributed by atoms with E-state index in [9.17, 15) is 0 Å². The van der Waals surface area contributed by atoms with Gasteiger partial charge in [0.25, 0.3) is 0 Å². The Bertz CT molecular complexity index is 715. The van der Waals surface area contributed by atoms with Gasteiger partial charge in [-0.2, -0.15) is 0 Å². The number of hydrogen-bond donors (Lipinski definition) is 2. The van der Waals surface area contributed by atoms with E-state index in [0.717, 1.165) is 76.7 Å². The van der Waals surface area contributed by atoms with Crippen LogP contribution in [0.3, 0.4) is 0 Å². The van der Waals surface area contributed by atoms with E-state index >= 15 is 0 Å². The lowest BCUT2D eigenvalue weighted by Gasteiger charge is -2.13. The summed E-state index contributed by atoms with van der Waals surface area (Å²) in [5.74, 6) is 0.872. The lowest BCUT2D eigenvalue weighted by molar-refractivity contribution is 0.0420. The molecule has 0 bridgehead atoms. The summed E-state index contributed by atoms with van der Waals surface area (Å²) in [6.45, 7) is 7.81. The minimum absolute atomic E-state index is 0. The van der Waals surface area contributed by atoms with Crippen molar-refractivity contribution in [2.24, 2.45) is 4.99 Å². The van der Waals surface area contributed by atoms with Gasteiger partial charge in [-0.1, -0.05) is 12.1 Å². The van der Waals surface area contributed by atoms with E-state index in [2.05, 4.69) is 44.2 Å². The quantitative estimate of drug-likeness (QED) is 0.227. The number of aryl methyl sites for hydroxylation is 1. The first kappa shape index (κ1) is 22.9. The number of benzene rings is 1. The van der Waals surface area contributed by atoms with Gasteiger partial charge >= 0.3 is 0 Å². The average molecular weight is 501 g/mol. The van der Waals surface area contributed by atoms with Gasteiger partial charge in [0.2, 0.25) is 0 Å². The minimum Gasteiger partial charge on any atom is -0.379 e. The zero-order valence-electron chi connectivity index (χ0n) is 16.6. The SMILES string of the molecule is CCNC(=NCCCn1cnc2ccccc21)NCCCOC1CCOC1.I. The molecule has 0 amide bonds. The van der Waals surface area contributed by atoms with Crippen LogP contribution in [0.15, 0.2) is 35.6 Å². The zero-order valence-corrected chi connectivity index (χ0v) is 18.9. The molecule has 2 heterocycles. The number of rotatable bonds is 10. The summed E-state index contributed by atoms with van der Waals surface area (Å²) in [5, 5.41) is 6.67. The summed E-state index contributed by atoms with van der Waals surface area (Å²) >= 11 is 0. The molecule has 1 aliphatic heterocycles. The van der Waals surface area contributed by atoms with Gasteiger partial charge in [-0.15, -0.1) is 24.0 Å². The van der Waals surface area contributed by atoms with Crippen LogP contribution < -0.4 is 10.6 Å². The Kier molecular flexibility index (Phi) is 10.6. The molecule has 1 aromatic carbocycles. The van der Waals surface area contributed by atoms with E-state index in [0.29, 0.717) is 0 Å². The first-order chi connectivity index (χ1) is 13.4. The Morgan fingerprint density at radius 1 is 1.32 bits per heavy atom. The fraction of sp³-hybridized carbons (Fsp3) is 0.600. The summed E-state index contributed by atoms with van der Waals surface area (Å²) in [6, 6.07) is 8.22. The number of halogens is 1. The zero-order chi connectivity index (χ0) is 18.7. The highest BCUT2D eigenvalue weighted by molar-refractivity contribution is 14.0. The lowest BCUT2D eigenvalue weighted by atomic mass is 10.3. The van der Waals surface area contributed by atoms with Gasteiger partial charge in [0.1, 0.15) is 0 Å². The Balaban J connectivity index is 0.00000280. The van der Waals surface area contributed by atoms with E-state index < -0.39 is 0 Å². The molecule has 1 unspecified atom stereocenters. The van der Waals surface area contributed by atoms with Crippen molar-refractivity contribution in [1.82, 2.24) is 20.2 Å². The highest BCUT2D eigenvalue weighted by atomic mass is 127. The van der Waals surface area contributed by atoms with Crippen LogP contribution in [0, 0.1) is 0 Å². The number of hydrogen-bond acceptors (Lipinski definition) is 4. The van der Waals surface area contributed by atoms with Crippen LogP contribution in [0.25, 0.3) is 11.0 Å². The molecule has 3 rings (SSSR count). The summed E-state index contributed by atoms with van der Waals surface area (Å²) in [7, 11) is 0. The molecule has 0 aliphatic carbocycles. The fourth-order valence-electron chi connectivity index (χ4n) is 3.14. The molecule has 0 radical (unpaired) electrons. The molecule has 1 saturated heterocycles. The van der Waals surface area contributed by atoms with Gasteiger partial charge in [-0.3, -0.25) is 4.99 Å². The van der Waals surface area contributed by atoms with Crippen LogP contribution in [-0.2, 0) is 16.0 Å². The average Bonchev–Trinajstić information content (AvgIpc) is 3.35. The molecular weight excluding hydrogens is 469 g/mol. The van der Waals surface area contributed by atoms with Crippen molar-refractivity contribution in [1.29, 1.82) is 0 Å². The van der Waals surface area contributed by atoms with Gasteiger partial charge in [0.05, 0.1) is 30.1 Å². The number of aliphatic imine (C=N–C) groups is 1. The number of fused-ring (bicyclic) bond motifs is 1. The minimum atomic E-state index is 0. The molecule has 1 aliphatic rings. The highest BCUT2D eigenvalue weighted by Crippen LogP contribution is 2.12. The molecule has 8 heteroatoms. The first-order valence-electron chi connectivity index (χ1n) is 9.98. The smallest absolute Gasteiger partial charge is 0.191 e. The van der Waals surface area contributed by atoms with E-state index in [1.807, 2.05) is 18.5 Å². The third kappa shape index (κ3) is 7.21. The van der Waals surface area contributed by atoms with Crippen molar-refractivity contribution in [3.05, 3.63) is 30.6 Å². The van der Waals surface area contributed by atoms with Crippen LogP contribution in [0.1, 0.15) is 26.2 Å². The van der Waals surface area contributed by atoms with E-state index in [1.165, 1.54) is 5.52 Å². The van der Waals surface area contributed by atoms with Gasteiger partial charge in [0, 0.05) is 39.4 Å². The second-order valence-electron chi connectivity index (χ2n) is 6.68. The Hall–Kier alpha value is -1.39. The fourth-order valence-corrected chi connectivity index (χ4v) is 3.14. The molecule has 28 heavy (non-hydrogen) atoms. The normalized spacial score (nSPS) is 16.9. The topological polar surface area (TPSA) is 72.7 Å². The van der Waals surface area contributed by atoms with Crippen molar-refractivity contribution >= 4 is 41.0 Å². The van der Waals surface area contributed by atoms with Crippen LogP contribution in [0.2, 0.25) is 0 Å². The van der Waals surface area contributed by atoms with Crippen molar-refractivity contribution < 1.29 is 9.47 Å². The summed E-state index contributed by atoms with van der Waals surface area (Å²) < 4.78 is 13.3. The van der Waals surface area contributed by atoms with E-state index in [4.69, 9.17) is 9.47 Å². The maximum absolute atomic E-state index is 5.79. The van der Waals surface area contributed by atoms with Crippen molar-refractivity contribution in [2.75, 3.05) is 39.5 Å². The second kappa shape index (κ2) is 12.9. The number of imidazole rings is 1. The third-order valence-electron chi connectivity index (χ3n) is 4.55. The Morgan fingerprint density at radius 3 is 3.04 bits per heavy atom. The van der Waals surface area contributed by atoms with Crippen LogP contribution in [0.4, 0.5) is 0 Å². The van der Waals surface area contributed by atoms with Crippen LogP contribution in [0.5, 0.6) is 0 Å². The highest BCUT2D eigenvalue weighted by Gasteiger charge is 2.15. The van der Waals surface area contributed by atoms with Crippen molar-refractivity contribution in [3.63, 3.8) is 0 Å². The number of aromatic nitrogens is 2. The Labute approximate surface area is 184 Å². The molecule has 1 atom stereocenters. The summed E-state index contributed by atoms with van der Waals surface area (Å²) in [4.78, 5) is 9.10. The molecule has 7 nitrogen and oxygen atoms in total. The van der Waals surface area contributed by atoms with Gasteiger partial charge < -0.3 is 24.7 Å². The molecule has 2 aromatic rings. The van der Waals surface area contributed by atoms with E-state index in [-0.39, 0.29) is 30.1 Å². The molecule has 1 aromatic heterocycles. The molecule has 0 saturated carbocycles. The number of para-hydroxylation sites is 2. The van der Waals surface area contributed by atoms with Crippen molar-refractivity contribution in [2.45, 2.75) is 38.8 Å². The van der Waals surface area contributed by atoms with Crippen LogP contribution in [-0.4, -0.2) is 61.1 Å². The van der Waals surface area contributed by atoms with Gasteiger partial charge in [0.15, 0.2) is 5.96 Å². The predicted octanol–water partition coefficient (Wildman–Crippen LogP) is 2.80. The maximum Gasteiger partial charge on any atom is 0.191 e. The summed E-state index contributed by atoms with van der Waals surface area (Å²) in [6.07, 6.45) is 5.15. The number of nitrogens with zero attached hydrogens (tertiary/aromatic N) is 3. The number of nitrogens with one attached hydrogen (secondary N) is 2. The predicted molar refractivity (Wildman–Crippen MR) is 124 cm³/mol. The molecular formula is C20H32IN5O2. The standard InChI is InChI=1S/C20H31N5O2.HI/c1-2-21-20(23-11-6-13-27-17-9-14-26-15-17)22-10-5-12-25-16-24-18-7-3-4-8-19(18)25;/h3-4,7-8,16-17H,2,5-6,9-15H2,1H3,(H2,21,22,23);1H. The second-order valence-corrected chi connectivity index (χ2v) is 6.68. The number of ether oxygens (including phenoxy) is 2. The summed E-state index contributed by atoms with van der Waals surface area (Å²) in [5.41, 5.74) is 2.22.